The van der Waals surface area contributed by atoms with Gasteiger partial charge in [0.15, 0.2) is 9.84 Å². The molecule has 0 aliphatic heterocycles. The van der Waals surface area contributed by atoms with Gasteiger partial charge in [0.25, 0.3) is 0 Å². The van der Waals surface area contributed by atoms with Crippen molar-refractivity contribution < 1.29 is 13.2 Å². The van der Waals surface area contributed by atoms with E-state index in [1.54, 1.807) is 25.1 Å². The second kappa shape index (κ2) is 8.24. The fourth-order valence-corrected chi connectivity index (χ4v) is 2.39. The highest BCUT2D eigenvalue weighted by molar-refractivity contribution is 7.89. The molecule has 0 fully saturated rings. The van der Waals surface area contributed by atoms with Crippen molar-refractivity contribution in [1.82, 2.24) is 5.32 Å². The van der Waals surface area contributed by atoms with Crippen LogP contribution >= 0.6 is 12.4 Å². The summed E-state index contributed by atoms with van der Waals surface area (Å²) in [6.45, 7) is 2.44. The molecule has 20 heavy (non-hydrogen) atoms. The molecule has 0 radical (unpaired) electrons. The molecule has 0 heterocycles. The van der Waals surface area contributed by atoms with Crippen LogP contribution in [0.2, 0.25) is 0 Å². The summed E-state index contributed by atoms with van der Waals surface area (Å²) in [6, 6.07) is 7.18. The van der Waals surface area contributed by atoms with Gasteiger partial charge in [0, 0.05) is 25.3 Å². The third-order valence-electron chi connectivity index (χ3n) is 2.69. The van der Waals surface area contributed by atoms with E-state index in [0.717, 1.165) is 11.1 Å². The summed E-state index contributed by atoms with van der Waals surface area (Å²) >= 11 is 0. The normalized spacial score (nSPS) is 12.3. The van der Waals surface area contributed by atoms with Crippen molar-refractivity contribution in [3.8, 4) is 0 Å². The van der Waals surface area contributed by atoms with Crippen LogP contribution < -0.4 is 11.1 Å². The highest BCUT2D eigenvalue weighted by atomic mass is 35.5. The molecule has 0 aromatic heterocycles. The van der Waals surface area contributed by atoms with Gasteiger partial charge in [-0.1, -0.05) is 31.2 Å². The quantitative estimate of drug-likeness (QED) is 0.813. The molecule has 0 bridgehead atoms. The van der Waals surface area contributed by atoms with Crippen LogP contribution in [-0.4, -0.2) is 27.1 Å². The minimum Gasteiger partial charge on any atom is -0.352 e. The van der Waals surface area contributed by atoms with Gasteiger partial charge in [-0.15, -0.1) is 12.4 Å². The monoisotopic (exact) mass is 320 g/mol. The van der Waals surface area contributed by atoms with Crippen LogP contribution in [0, 0.1) is 5.92 Å². The van der Waals surface area contributed by atoms with E-state index in [1.165, 1.54) is 6.26 Å². The number of carbonyl (C=O) groups excluding carboxylic acids is 1. The van der Waals surface area contributed by atoms with Crippen LogP contribution in [0.3, 0.4) is 0 Å². The molecule has 0 saturated carbocycles. The molecular weight excluding hydrogens is 300 g/mol. The number of rotatable bonds is 6. The maximum atomic E-state index is 11.6. The third kappa shape index (κ3) is 6.88. The Morgan fingerprint density at radius 1 is 1.35 bits per heavy atom. The smallest absolute Gasteiger partial charge is 0.224 e. The Labute approximate surface area is 126 Å². The zero-order chi connectivity index (χ0) is 14.5. The van der Waals surface area contributed by atoms with Gasteiger partial charge in [0.2, 0.25) is 5.91 Å². The summed E-state index contributed by atoms with van der Waals surface area (Å²) in [5.41, 5.74) is 7.00. The second-order valence-corrected chi connectivity index (χ2v) is 6.88. The van der Waals surface area contributed by atoms with E-state index in [9.17, 15) is 13.2 Å². The van der Waals surface area contributed by atoms with Gasteiger partial charge in [0.1, 0.15) is 0 Å². The van der Waals surface area contributed by atoms with E-state index in [0.29, 0.717) is 13.1 Å². The first-order valence-corrected chi connectivity index (χ1v) is 8.11. The number of benzene rings is 1. The van der Waals surface area contributed by atoms with E-state index in [2.05, 4.69) is 5.32 Å². The molecule has 0 aliphatic carbocycles. The summed E-state index contributed by atoms with van der Waals surface area (Å²) in [6.07, 6.45) is 1.20. The minimum absolute atomic E-state index is 0. The highest BCUT2D eigenvalue weighted by Crippen LogP contribution is 2.09. The van der Waals surface area contributed by atoms with Crippen molar-refractivity contribution in [1.29, 1.82) is 0 Å². The zero-order valence-electron chi connectivity index (χ0n) is 11.6. The third-order valence-corrected chi connectivity index (χ3v) is 3.55. The lowest BCUT2D eigenvalue weighted by molar-refractivity contribution is -0.124. The van der Waals surface area contributed by atoms with Gasteiger partial charge in [-0.3, -0.25) is 4.79 Å². The van der Waals surface area contributed by atoms with Crippen LogP contribution in [0.5, 0.6) is 0 Å². The number of nitrogens with one attached hydrogen (secondary N) is 1. The van der Waals surface area contributed by atoms with Crippen molar-refractivity contribution in [3.63, 3.8) is 0 Å². The summed E-state index contributed by atoms with van der Waals surface area (Å²) in [7, 11) is -3.05. The van der Waals surface area contributed by atoms with Gasteiger partial charge in [-0.25, -0.2) is 8.42 Å². The largest absolute Gasteiger partial charge is 0.352 e. The predicted molar refractivity (Wildman–Crippen MR) is 82.3 cm³/mol. The van der Waals surface area contributed by atoms with Gasteiger partial charge >= 0.3 is 0 Å². The Bertz CT molecular complexity index is 546. The molecule has 1 amide bonds. The van der Waals surface area contributed by atoms with Gasteiger partial charge < -0.3 is 11.1 Å². The molecule has 114 valence electrons. The average Bonchev–Trinajstić information content (AvgIpc) is 2.33. The molecule has 7 heteroatoms. The summed E-state index contributed by atoms with van der Waals surface area (Å²) in [5.74, 6) is -0.316. The lowest BCUT2D eigenvalue weighted by Gasteiger charge is -2.10. The molecule has 1 unspecified atom stereocenters. The number of hydrogen-bond acceptors (Lipinski definition) is 4. The van der Waals surface area contributed by atoms with Gasteiger partial charge in [-0.05, 0) is 11.1 Å². The summed E-state index contributed by atoms with van der Waals surface area (Å²) in [4.78, 5) is 11.6. The lowest BCUT2D eigenvalue weighted by atomic mass is 10.1. The molecule has 0 spiro atoms. The molecule has 3 N–H and O–H groups in total. The Morgan fingerprint density at radius 3 is 2.50 bits per heavy atom. The van der Waals surface area contributed by atoms with Crippen molar-refractivity contribution in [2.75, 3.05) is 12.8 Å². The van der Waals surface area contributed by atoms with Gasteiger partial charge in [-0.2, -0.15) is 0 Å². The predicted octanol–water partition coefficient (Wildman–Crippen LogP) is 0.864. The molecule has 0 aliphatic rings. The van der Waals surface area contributed by atoms with Crippen molar-refractivity contribution >= 4 is 28.2 Å². The fraction of sp³-hybridized carbons (Fsp3) is 0.462. The van der Waals surface area contributed by atoms with Gasteiger partial charge in [0.05, 0.1) is 5.75 Å². The van der Waals surface area contributed by atoms with Crippen molar-refractivity contribution in [2.24, 2.45) is 11.7 Å². The lowest BCUT2D eigenvalue weighted by Crippen LogP contribution is -2.32. The number of carbonyl (C=O) groups is 1. The minimum atomic E-state index is -3.05. The molecule has 1 aromatic carbocycles. The van der Waals surface area contributed by atoms with Crippen LogP contribution in [-0.2, 0) is 26.9 Å². The number of nitrogens with two attached hydrogens (primary N) is 1. The highest BCUT2D eigenvalue weighted by Gasteiger charge is 2.10. The summed E-state index contributed by atoms with van der Waals surface area (Å²) < 4.78 is 22.4. The first-order valence-electron chi connectivity index (χ1n) is 6.05. The molecule has 1 atom stereocenters. The first-order chi connectivity index (χ1) is 8.81. The molecular formula is C13H21ClN2O3S. The van der Waals surface area contributed by atoms with E-state index in [-0.39, 0.29) is 30.0 Å². The number of amides is 1. The van der Waals surface area contributed by atoms with E-state index >= 15 is 0 Å². The molecule has 5 nitrogen and oxygen atoms in total. The first kappa shape index (κ1) is 18.9. The fourth-order valence-electron chi connectivity index (χ4n) is 1.60. The number of sulfone groups is 1. The van der Waals surface area contributed by atoms with Crippen LogP contribution in [0.15, 0.2) is 24.3 Å². The van der Waals surface area contributed by atoms with Crippen LogP contribution in [0.1, 0.15) is 18.1 Å². The Kier molecular flexibility index (Phi) is 7.78. The van der Waals surface area contributed by atoms with E-state index < -0.39 is 9.84 Å². The molecule has 1 rings (SSSR count). The van der Waals surface area contributed by atoms with Crippen molar-refractivity contribution in [2.45, 2.75) is 19.2 Å². The number of halogens is 1. The van der Waals surface area contributed by atoms with Crippen molar-refractivity contribution in [3.05, 3.63) is 35.4 Å². The molecule has 0 saturated heterocycles. The average molecular weight is 321 g/mol. The molecule has 1 aromatic rings. The number of hydrogen-bond donors (Lipinski definition) is 2. The zero-order valence-corrected chi connectivity index (χ0v) is 13.3. The van der Waals surface area contributed by atoms with Crippen LogP contribution in [0.25, 0.3) is 0 Å². The van der Waals surface area contributed by atoms with E-state index in [1.807, 2.05) is 6.07 Å². The standard InChI is InChI=1S/C13H20N2O3S.ClH/c1-10(7-14)13(16)15-8-11-4-3-5-12(6-11)9-19(2,17)18;/h3-6,10H,7-9,14H2,1-2H3,(H,15,16);1H. The Hall–Kier alpha value is -1.11. The Morgan fingerprint density at radius 2 is 1.95 bits per heavy atom. The second-order valence-electron chi connectivity index (χ2n) is 4.74. The SMILES string of the molecule is CC(CN)C(=O)NCc1cccc(CS(C)(=O)=O)c1.Cl. The van der Waals surface area contributed by atoms with E-state index in [4.69, 9.17) is 5.73 Å². The maximum absolute atomic E-state index is 11.6. The van der Waals surface area contributed by atoms with Crippen LogP contribution in [0.4, 0.5) is 0 Å². The topological polar surface area (TPSA) is 89.3 Å². The summed E-state index contributed by atoms with van der Waals surface area (Å²) in [5, 5.41) is 2.77. The maximum Gasteiger partial charge on any atom is 0.224 e. The Balaban J connectivity index is 0.00000361.